The molecule has 3 nitrogen and oxygen atoms in total. The van der Waals surface area contributed by atoms with E-state index in [1.807, 2.05) is 0 Å². The van der Waals surface area contributed by atoms with Gasteiger partial charge in [0.05, 0.1) is 12.7 Å². The molecule has 1 rings (SSSR count). The largest absolute Gasteiger partial charge is 0.480 e. The van der Waals surface area contributed by atoms with Crippen LogP contribution in [-0.4, -0.2) is 17.1 Å². The van der Waals surface area contributed by atoms with Crippen molar-refractivity contribution in [2.75, 3.05) is 7.11 Å². The Morgan fingerprint density at radius 3 is 3.00 bits per heavy atom. The van der Waals surface area contributed by atoms with E-state index in [1.54, 1.807) is 12.3 Å². The van der Waals surface area contributed by atoms with E-state index >= 15 is 0 Å². The van der Waals surface area contributed by atoms with Crippen molar-refractivity contribution in [1.29, 1.82) is 0 Å². The zero-order valence-corrected chi connectivity index (χ0v) is 6.80. The maximum atomic E-state index is 5.52. The highest BCUT2D eigenvalue weighted by molar-refractivity contribution is 6.28. The summed E-state index contributed by atoms with van der Waals surface area (Å²) in [5, 5.41) is 0.174. The topological polar surface area (TPSA) is 35.0 Å². The molecule has 0 aliphatic rings. The fraction of sp³-hybridized carbons (Fsp3) is 0.143. The lowest BCUT2D eigenvalue weighted by atomic mass is 10.3. The van der Waals surface area contributed by atoms with Crippen molar-refractivity contribution >= 4 is 17.7 Å². The number of aromatic nitrogens is 2. The minimum absolute atomic E-state index is 0.174. The lowest BCUT2D eigenvalue weighted by Gasteiger charge is -2.01. The van der Waals surface area contributed by atoms with Crippen LogP contribution in [0.25, 0.3) is 6.08 Å². The number of ether oxygens (including phenoxy) is 1. The van der Waals surface area contributed by atoms with E-state index in [0.717, 1.165) is 5.56 Å². The molecule has 0 aliphatic heterocycles. The summed E-state index contributed by atoms with van der Waals surface area (Å²) in [6.45, 7) is 3.57. The first-order chi connectivity index (χ1) is 5.27. The van der Waals surface area contributed by atoms with Crippen LogP contribution in [0.3, 0.4) is 0 Å². The Morgan fingerprint density at radius 1 is 1.73 bits per heavy atom. The molecule has 1 aromatic heterocycles. The van der Waals surface area contributed by atoms with Crippen molar-refractivity contribution in [2.45, 2.75) is 0 Å². The van der Waals surface area contributed by atoms with Crippen LogP contribution in [0.1, 0.15) is 5.56 Å². The molecule has 11 heavy (non-hydrogen) atoms. The molecule has 0 unspecified atom stereocenters. The zero-order chi connectivity index (χ0) is 8.27. The molecule has 0 amide bonds. The van der Waals surface area contributed by atoms with Crippen molar-refractivity contribution in [3.8, 4) is 5.88 Å². The van der Waals surface area contributed by atoms with E-state index in [2.05, 4.69) is 16.5 Å². The van der Waals surface area contributed by atoms with Gasteiger partial charge in [-0.25, -0.2) is 4.98 Å². The third-order valence-corrected chi connectivity index (χ3v) is 1.35. The number of hydrogen-bond donors (Lipinski definition) is 0. The van der Waals surface area contributed by atoms with Crippen molar-refractivity contribution < 1.29 is 4.74 Å². The third kappa shape index (κ3) is 1.68. The van der Waals surface area contributed by atoms with Gasteiger partial charge in [0.1, 0.15) is 0 Å². The van der Waals surface area contributed by atoms with Crippen LogP contribution in [0.5, 0.6) is 5.88 Å². The molecular weight excluding hydrogens is 164 g/mol. The molecule has 0 aliphatic carbocycles. The van der Waals surface area contributed by atoms with Gasteiger partial charge in [0.15, 0.2) is 0 Å². The van der Waals surface area contributed by atoms with Gasteiger partial charge in [-0.05, 0) is 11.6 Å². The summed E-state index contributed by atoms with van der Waals surface area (Å²) in [7, 11) is 1.52. The Kier molecular flexibility index (Phi) is 2.44. The summed E-state index contributed by atoms with van der Waals surface area (Å²) < 4.78 is 4.91. The monoisotopic (exact) mass is 170 g/mol. The smallest absolute Gasteiger partial charge is 0.225 e. The second-order valence-corrected chi connectivity index (χ2v) is 2.15. The van der Waals surface area contributed by atoms with Crippen molar-refractivity contribution in [3.05, 3.63) is 23.6 Å². The Bertz CT molecular complexity index is 275. The molecule has 0 saturated heterocycles. The summed E-state index contributed by atoms with van der Waals surface area (Å²) in [6.07, 6.45) is 3.16. The van der Waals surface area contributed by atoms with Gasteiger partial charge in [-0.3, -0.25) is 0 Å². The first-order valence-electron chi connectivity index (χ1n) is 2.97. The summed E-state index contributed by atoms with van der Waals surface area (Å²) >= 11 is 5.52. The normalized spacial score (nSPS) is 9.27. The van der Waals surface area contributed by atoms with E-state index in [0.29, 0.717) is 5.88 Å². The average Bonchev–Trinajstić information content (AvgIpc) is 2.04. The predicted octanol–water partition coefficient (Wildman–Crippen LogP) is 1.78. The highest BCUT2D eigenvalue weighted by Crippen LogP contribution is 2.16. The molecule has 0 aromatic carbocycles. The van der Waals surface area contributed by atoms with Gasteiger partial charge in [-0.2, -0.15) is 4.98 Å². The predicted molar refractivity (Wildman–Crippen MR) is 43.7 cm³/mol. The van der Waals surface area contributed by atoms with Gasteiger partial charge in [0.25, 0.3) is 0 Å². The van der Waals surface area contributed by atoms with Gasteiger partial charge < -0.3 is 4.74 Å². The minimum Gasteiger partial charge on any atom is -0.480 e. The van der Waals surface area contributed by atoms with Crippen LogP contribution in [0, 0.1) is 0 Å². The summed E-state index contributed by atoms with van der Waals surface area (Å²) in [4.78, 5) is 7.58. The second-order valence-electron chi connectivity index (χ2n) is 1.81. The van der Waals surface area contributed by atoms with E-state index in [-0.39, 0.29) is 5.28 Å². The maximum Gasteiger partial charge on any atom is 0.225 e. The Balaban J connectivity index is 3.16. The summed E-state index contributed by atoms with van der Waals surface area (Å²) in [5.41, 5.74) is 0.733. The average molecular weight is 171 g/mol. The minimum atomic E-state index is 0.174. The lowest BCUT2D eigenvalue weighted by Crippen LogP contribution is -1.92. The molecule has 0 saturated carbocycles. The van der Waals surface area contributed by atoms with E-state index in [9.17, 15) is 0 Å². The highest BCUT2D eigenvalue weighted by Gasteiger charge is 2.01. The van der Waals surface area contributed by atoms with Crippen LogP contribution < -0.4 is 4.74 Å². The summed E-state index contributed by atoms with van der Waals surface area (Å²) in [5.74, 6) is 0.444. The van der Waals surface area contributed by atoms with Gasteiger partial charge in [-0.1, -0.05) is 12.7 Å². The molecule has 0 bridgehead atoms. The molecule has 1 heterocycles. The Morgan fingerprint density at radius 2 is 2.45 bits per heavy atom. The van der Waals surface area contributed by atoms with Gasteiger partial charge in [-0.15, -0.1) is 0 Å². The van der Waals surface area contributed by atoms with Crippen molar-refractivity contribution in [3.63, 3.8) is 0 Å². The molecule has 58 valence electrons. The fourth-order valence-electron chi connectivity index (χ4n) is 0.659. The summed E-state index contributed by atoms with van der Waals surface area (Å²) in [6, 6.07) is 0. The van der Waals surface area contributed by atoms with Crippen LogP contribution in [0.4, 0.5) is 0 Å². The standard InChI is InChI=1S/C7H7ClN2O/c1-3-5-4-9-7(8)10-6(5)11-2/h3-4H,1H2,2H3. The van der Waals surface area contributed by atoms with Crippen LogP contribution in [-0.2, 0) is 0 Å². The fourth-order valence-corrected chi connectivity index (χ4v) is 0.784. The van der Waals surface area contributed by atoms with Gasteiger partial charge in [0, 0.05) is 6.20 Å². The quantitative estimate of drug-likeness (QED) is 0.635. The first kappa shape index (κ1) is 8.01. The van der Waals surface area contributed by atoms with Crippen LogP contribution in [0.15, 0.2) is 12.8 Å². The molecule has 0 fully saturated rings. The zero-order valence-electron chi connectivity index (χ0n) is 6.04. The van der Waals surface area contributed by atoms with Gasteiger partial charge >= 0.3 is 0 Å². The Labute approximate surface area is 69.7 Å². The second kappa shape index (κ2) is 3.34. The first-order valence-corrected chi connectivity index (χ1v) is 3.34. The molecule has 0 radical (unpaired) electrons. The molecule has 0 N–H and O–H groups in total. The van der Waals surface area contributed by atoms with Crippen molar-refractivity contribution in [1.82, 2.24) is 9.97 Å². The highest BCUT2D eigenvalue weighted by atomic mass is 35.5. The van der Waals surface area contributed by atoms with E-state index in [1.165, 1.54) is 7.11 Å². The Hall–Kier alpha value is -1.09. The van der Waals surface area contributed by atoms with Crippen LogP contribution >= 0.6 is 11.6 Å². The molecular formula is C7H7ClN2O. The van der Waals surface area contributed by atoms with Gasteiger partial charge in [0.2, 0.25) is 11.2 Å². The molecule has 0 atom stereocenters. The molecule has 1 aromatic rings. The van der Waals surface area contributed by atoms with E-state index in [4.69, 9.17) is 16.3 Å². The maximum absolute atomic E-state index is 5.52. The van der Waals surface area contributed by atoms with E-state index < -0.39 is 0 Å². The number of hydrogen-bond acceptors (Lipinski definition) is 3. The van der Waals surface area contributed by atoms with Crippen LogP contribution in [0.2, 0.25) is 5.28 Å². The third-order valence-electron chi connectivity index (χ3n) is 1.16. The number of rotatable bonds is 2. The lowest BCUT2D eigenvalue weighted by molar-refractivity contribution is 0.396. The number of methoxy groups -OCH3 is 1. The molecule has 4 heteroatoms. The SMILES string of the molecule is C=Cc1cnc(Cl)nc1OC. The van der Waals surface area contributed by atoms with Crippen molar-refractivity contribution in [2.24, 2.45) is 0 Å². The number of nitrogens with zero attached hydrogens (tertiary/aromatic N) is 2. The number of halogens is 1. The molecule has 0 spiro atoms.